The number of sulfone groups is 1. The van der Waals surface area contributed by atoms with Gasteiger partial charge in [-0.05, 0) is 32.8 Å². The number of rotatable bonds is 7. The first-order valence-electron chi connectivity index (χ1n) is 9.96. The van der Waals surface area contributed by atoms with Gasteiger partial charge in [0.1, 0.15) is 5.56 Å². The highest BCUT2D eigenvalue weighted by atomic mass is 32.2. The first-order chi connectivity index (χ1) is 14.2. The Morgan fingerprint density at radius 3 is 2.53 bits per heavy atom. The van der Waals surface area contributed by atoms with E-state index in [-0.39, 0.29) is 23.5 Å². The van der Waals surface area contributed by atoms with Crippen LogP contribution in [0.5, 0.6) is 0 Å². The third-order valence-electron chi connectivity index (χ3n) is 5.40. The van der Waals surface area contributed by atoms with Crippen LogP contribution >= 0.6 is 0 Å². The number of aromatic nitrogens is 2. The molecular weight excluding hydrogens is 406 g/mol. The lowest BCUT2D eigenvalue weighted by atomic mass is 10.2. The van der Waals surface area contributed by atoms with E-state index in [1.54, 1.807) is 25.5 Å². The van der Waals surface area contributed by atoms with Gasteiger partial charge in [-0.25, -0.2) is 13.2 Å². The van der Waals surface area contributed by atoms with E-state index in [1.165, 1.54) is 4.90 Å². The van der Waals surface area contributed by atoms with Crippen molar-refractivity contribution in [3.8, 4) is 0 Å². The number of aryl methyl sites for hydroxylation is 1. The molecule has 2 heterocycles. The van der Waals surface area contributed by atoms with Crippen LogP contribution in [0.1, 0.15) is 40.7 Å². The van der Waals surface area contributed by atoms with Crippen LogP contribution in [0.4, 0.5) is 0 Å². The number of amides is 1. The van der Waals surface area contributed by atoms with E-state index in [4.69, 9.17) is 4.74 Å². The topological polar surface area (TPSA) is 98.6 Å². The molecule has 1 atom stereocenters. The minimum Gasteiger partial charge on any atom is -0.452 e. The Morgan fingerprint density at radius 2 is 1.93 bits per heavy atom. The molecule has 162 valence electrons. The first kappa shape index (κ1) is 22.0. The zero-order valence-corrected chi connectivity index (χ0v) is 18.3. The van der Waals surface area contributed by atoms with E-state index < -0.39 is 22.4 Å². The molecule has 8 nitrogen and oxygen atoms in total. The Labute approximate surface area is 176 Å². The molecule has 1 aliphatic heterocycles. The van der Waals surface area contributed by atoms with E-state index in [9.17, 15) is 18.0 Å². The Morgan fingerprint density at radius 1 is 1.23 bits per heavy atom. The van der Waals surface area contributed by atoms with Crippen LogP contribution in [0.2, 0.25) is 0 Å². The Kier molecular flexibility index (Phi) is 6.60. The van der Waals surface area contributed by atoms with E-state index in [2.05, 4.69) is 5.10 Å². The molecule has 0 radical (unpaired) electrons. The van der Waals surface area contributed by atoms with Crippen LogP contribution in [-0.2, 0) is 25.9 Å². The second-order valence-corrected chi connectivity index (χ2v) is 9.73. The van der Waals surface area contributed by atoms with Gasteiger partial charge in [-0.3, -0.25) is 9.48 Å². The lowest BCUT2D eigenvalue weighted by Crippen LogP contribution is -2.43. The first-order valence-corrected chi connectivity index (χ1v) is 11.8. The largest absolute Gasteiger partial charge is 0.452 e. The zero-order chi connectivity index (χ0) is 21.9. The SMILES string of the molecule is CCN(C(=O)COC(=O)c1c(C)nn(Cc2ccccc2)c1C)[C@H]1CCS(=O)(=O)C1. The van der Waals surface area contributed by atoms with Crippen molar-refractivity contribution in [3.63, 3.8) is 0 Å². The van der Waals surface area contributed by atoms with Gasteiger partial charge < -0.3 is 9.64 Å². The van der Waals surface area contributed by atoms with Crippen LogP contribution in [0.25, 0.3) is 0 Å². The predicted octanol–water partition coefficient (Wildman–Crippen LogP) is 1.74. The highest BCUT2D eigenvalue weighted by Crippen LogP contribution is 2.19. The molecule has 30 heavy (non-hydrogen) atoms. The van der Waals surface area contributed by atoms with Gasteiger partial charge in [0.05, 0.1) is 29.4 Å². The van der Waals surface area contributed by atoms with Crippen LogP contribution in [-0.4, -0.2) is 65.7 Å². The molecule has 3 rings (SSSR count). The lowest BCUT2D eigenvalue weighted by molar-refractivity contribution is -0.136. The molecule has 0 aliphatic carbocycles. The molecule has 0 saturated carbocycles. The van der Waals surface area contributed by atoms with Crippen LogP contribution in [0.15, 0.2) is 30.3 Å². The highest BCUT2D eigenvalue weighted by Gasteiger charge is 2.34. The number of ether oxygens (including phenoxy) is 1. The summed E-state index contributed by atoms with van der Waals surface area (Å²) in [6, 6.07) is 9.42. The van der Waals surface area contributed by atoms with Crippen LogP contribution in [0, 0.1) is 13.8 Å². The maximum atomic E-state index is 12.6. The molecule has 0 N–H and O–H groups in total. The van der Waals surface area contributed by atoms with Gasteiger partial charge in [0.2, 0.25) is 0 Å². The third kappa shape index (κ3) is 4.89. The van der Waals surface area contributed by atoms with Gasteiger partial charge in [-0.15, -0.1) is 0 Å². The molecular formula is C21H27N3O5S. The smallest absolute Gasteiger partial charge is 0.342 e. The number of esters is 1. The van der Waals surface area contributed by atoms with Crippen molar-refractivity contribution in [3.05, 3.63) is 52.8 Å². The quantitative estimate of drug-likeness (QED) is 0.617. The maximum Gasteiger partial charge on any atom is 0.342 e. The Bertz CT molecular complexity index is 1030. The van der Waals surface area contributed by atoms with Crippen molar-refractivity contribution in [1.82, 2.24) is 14.7 Å². The minimum atomic E-state index is -3.11. The van der Waals surface area contributed by atoms with Crippen molar-refractivity contribution < 1.29 is 22.7 Å². The van der Waals surface area contributed by atoms with Crippen LogP contribution < -0.4 is 0 Å². The third-order valence-corrected chi connectivity index (χ3v) is 7.15. The van der Waals surface area contributed by atoms with Gasteiger partial charge in [-0.2, -0.15) is 5.10 Å². The predicted molar refractivity (Wildman–Crippen MR) is 112 cm³/mol. The van der Waals surface area contributed by atoms with Crippen molar-refractivity contribution >= 4 is 21.7 Å². The van der Waals surface area contributed by atoms with Gasteiger partial charge in [0.15, 0.2) is 16.4 Å². The molecule has 1 amide bonds. The number of hydrogen-bond donors (Lipinski definition) is 0. The van der Waals surface area contributed by atoms with Crippen molar-refractivity contribution in [2.75, 3.05) is 24.7 Å². The standard InChI is InChI=1S/C21H27N3O5S/c1-4-23(18-10-11-30(27,28)14-18)19(25)13-29-21(26)20-15(2)22-24(16(20)3)12-17-8-6-5-7-9-17/h5-9,18H,4,10-14H2,1-3H3/t18-/m0/s1. The van der Waals surface area contributed by atoms with Gasteiger partial charge in [0, 0.05) is 12.6 Å². The van der Waals surface area contributed by atoms with Gasteiger partial charge in [-0.1, -0.05) is 30.3 Å². The van der Waals surface area contributed by atoms with Gasteiger partial charge in [0.25, 0.3) is 5.91 Å². The average molecular weight is 434 g/mol. The summed E-state index contributed by atoms with van der Waals surface area (Å²) in [5.74, 6) is -0.946. The van der Waals surface area contributed by atoms with Crippen molar-refractivity contribution in [2.24, 2.45) is 0 Å². The summed E-state index contributed by atoms with van der Waals surface area (Å²) in [6.45, 7) is 5.78. The maximum absolute atomic E-state index is 12.6. The monoisotopic (exact) mass is 433 g/mol. The summed E-state index contributed by atoms with van der Waals surface area (Å²) in [6.07, 6.45) is 0.417. The molecule has 1 aromatic carbocycles. The van der Waals surface area contributed by atoms with E-state index in [0.29, 0.717) is 36.5 Å². The Balaban J connectivity index is 1.65. The molecule has 1 aliphatic rings. The zero-order valence-electron chi connectivity index (χ0n) is 17.5. The summed E-state index contributed by atoms with van der Waals surface area (Å²) in [5.41, 5.74) is 2.62. The summed E-state index contributed by atoms with van der Waals surface area (Å²) in [4.78, 5) is 26.7. The number of likely N-dealkylation sites (N-methyl/N-ethyl adjacent to an activating group) is 1. The molecule has 1 saturated heterocycles. The number of benzene rings is 1. The highest BCUT2D eigenvalue weighted by molar-refractivity contribution is 7.91. The van der Waals surface area contributed by atoms with Crippen molar-refractivity contribution in [2.45, 2.75) is 39.8 Å². The van der Waals surface area contributed by atoms with Gasteiger partial charge >= 0.3 is 5.97 Å². The van der Waals surface area contributed by atoms with E-state index >= 15 is 0 Å². The molecule has 0 unspecified atom stereocenters. The summed E-state index contributed by atoms with van der Waals surface area (Å²) in [5, 5.41) is 4.44. The average Bonchev–Trinajstić information content (AvgIpc) is 3.19. The van der Waals surface area contributed by atoms with Crippen molar-refractivity contribution in [1.29, 1.82) is 0 Å². The number of hydrogen-bond acceptors (Lipinski definition) is 6. The van der Waals surface area contributed by atoms with E-state index in [1.807, 2.05) is 30.3 Å². The second-order valence-electron chi connectivity index (χ2n) is 7.50. The van der Waals surface area contributed by atoms with E-state index in [0.717, 1.165) is 5.56 Å². The number of carbonyl (C=O) groups excluding carboxylic acids is 2. The molecule has 1 aromatic heterocycles. The Hall–Kier alpha value is -2.68. The summed E-state index contributed by atoms with van der Waals surface area (Å²) in [7, 11) is -3.11. The summed E-state index contributed by atoms with van der Waals surface area (Å²) >= 11 is 0. The molecule has 0 bridgehead atoms. The molecule has 9 heteroatoms. The fraction of sp³-hybridized carbons (Fsp3) is 0.476. The number of nitrogens with zero attached hydrogens (tertiary/aromatic N) is 3. The normalized spacial score (nSPS) is 17.6. The fourth-order valence-electron chi connectivity index (χ4n) is 3.84. The molecule has 0 spiro atoms. The molecule has 1 fully saturated rings. The fourth-order valence-corrected chi connectivity index (χ4v) is 5.58. The van der Waals surface area contributed by atoms with Crippen LogP contribution in [0.3, 0.4) is 0 Å². The lowest BCUT2D eigenvalue weighted by Gasteiger charge is -2.26. The minimum absolute atomic E-state index is 0.0367. The molecule has 2 aromatic rings. The number of carbonyl (C=O) groups is 2. The summed E-state index contributed by atoms with van der Waals surface area (Å²) < 4.78 is 30.4. The second kappa shape index (κ2) is 8.99.